The van der Waals surface area contributed by atoms with Crippen molar-refractivity contribution < 1.29 is 19.4 Å². The molecule has 1 aromatic carbocycles. The van der Waals surface area contributed by atoms with E-state index < -0.39 is 17.9 Å². The minimum absolute atomic E-state index is 0.147. The zero-order valence-corrected chi connectivity index (χ0v) is 13.4. The molecule has 1 aliphatic rings. The van der Waals surface area contributed by atoms with Gasteiger partial charge in [0.1, 0.15) is 6.04 Å². The first-order valence-corrected chi connectivity index (χ1v) is 7.93. The highest BCUT2D eigenvalue weighted by Gasteiger charge is 2.36. The van der Waals surface area contributed by atoms with Crippen LogP contribution in [-0.4, -0.2) is 50.9 Å². The van der Waals surface area contributed by atoms with Gasteiger partial charge in [0.2, 0.25) is 0 Å². The fourth-order valence-corrected chi connectivity index (χ4v) is 2.88. The van der Waals surface area contributed by atoms with Gasteiger partial charge in [0, 0.05) is 6.54 Å². The molecule has 0 radical (unpaired) electrons. The molecule has 1 saturated heterocycles. The fraction of sp³-hybridized carbons (Fsp3) is 0.353. The molecule has 1 unspecified atom stereocenters. The number of ether oxygens (including phenoxy) is 1. The summed E-state index contributed by atoms with van der Waals surface area (Å²) in [6, 6.07) is 8.58. The van der Waals surface area contributed by atoms with E-state index in [2.05, 4.69) is 5.10 Å². The van der Waals surface area contributed by atoms with Crippen molar-refractivity contribution in [1.29, 1.82) is 0 Å². The number of carbonyl (C=O) groups is 2. The van der Waals surface area contributed by atoms with Crippen LogP contribution in [0.1, 0.15) is 30.3 Å². The number of carboxylic acids is 1. The molecule has 1 aliphatic heterocycles. The Morgan fingerprint density at radius 1 is 1.33 bits per heavy atom. The van der Waals surface area contributed by atoms with E-state index in [1.54, 1.807) is 10.9 Å². The smallest absolute Gasteiger partial charge is 0.326 e. The van der Waals surface area contributed by atoms with Crippen molar-refractivity contribution in [1.82, 2.24) is 14.7 Å². The van der Waals surface area contributed by atoms with Gasteiger partial charge in [-0.1, -0.05) is 18.2 Å². The molecule has 1 fully saturated rings. The van der Waals surface area contributed by atoms with E-state index in [9.17, 15) is 14.7 Å². The lowest BCUT2D eigenvalue weighted by molar-refractivity contribution is -0.141. The number of hydrogen-bond acceptors (Lipinski definition) is 4. The summed E-state index contributed by atoms with van der Waals surface area (Å²) in [5.74, 6) is -1.03. The highest BCUT2D eigenvalue weighted by Crippen LogP contribution is 2.26. The monoisotopic (exact) mass is 329 g/mol. The van der Waals surface area contributed by atoms with E-state index in [1.807, 2.05) is 37.3 Å². The summed E-state index contributed by atoms with van der Waals surface area (Å²) in [7, 11) is 0. The molecule has 7 heteroatoms. The molecule has 0 spiro atoms. The molecule has 1 atom stereocenters. The van der Waals surface area contributed by atoms with Gasteiger partial charge in [0.25, 0.3) is 5.91 Å². The molecule has 24 heavy (non-hydrogen) atoms. The van der Waals surface area contributed by atoms with Gasteiger partial charge in [-0.05, 0) is 31.9 Å². The Morgan fingerprint density at radius 2 is 2.08 bits per heavy atom. The van der Waals surface area contributed by atoms with Gasteiger partial charge in [-0.15, -0.1) is 0 Å². The molecular formula is C17H19N3O4. The Kier molecular flexibility index (Phi) is 4.50. The number of para-hydroxylation sites is 1. The lowest BCUT2D eigenvalue weighted by Gasteiger charge is -2.20. The van der Waals surface area contributed by atoms with Gasteiger partial charge in [-0.25, -0.2) is 9.48 Å². The van der Waals surface area contributed by atoms with Gasteiger partial charge >= 0.3 is 5.97 Å². The van der Waals surface area contributed by atoms with Gasteiger partial charge in [0.15, 0.2) is 11.4 Å². The summed E-state index contributed by atoms with van der Waals surface area (Å²) in [6.07, 6.45) is 2.79. The van der Waals surface area contributed by atoms with E-state index in [4.69, 9.17) is 4.74 Å². The van der Waals surface area contributed by atoms with Crippen LogP contribution in [0, 0.1) is 0 Å². The van der Waals surface area contributed by atoms with Crippen molar-refractivity contribution in [2.45, 2.75) is 25.8 Å². The molecule has 1 N–H and O–H groups in total. The van der Waals surface area contributed by atoms with Crippen molar-refractivity contribution in [2.24, 2.45) is 0 Å². The second-order valence-electron chi connectivity index (χ2n) is 5.55. The SMILES string of the molecule is CCOc1cn(-c2ccccc2)nc1C(=O)N1CCCC1C(=O)O. The van der Waals surface area contributed by atoms with Crippen LogP contribution in [0.3, 0.4) is 0 Å². The second kappa shape index (κ2) is 6.74. The molecule has 126 valence electrons. The van der Waals surface area contributed by atoms with Crippen LogP contribution < -0.4 is 4.74 Å². The average molecular weight is 329 g/mol. The van der Waals surface area contributed by atoms with Gasteiger partial charge in [0.05, 0.1) is 18.5 Å². The number of amides is 1. The lowest BCUT2D eigenvalue weighted by Crippen LogP contribution is -2.40. The summed E-state index contributed by atoms with van der Waals surface area (Å²) in [4.78, 5) is 25.5. The predicted molar refractivity (Wildman–Crippen MR) is 86.4 cm³/mol. The Balaban J connectivity index is 1.95. The van der Waals surface area contributed by atoms with Gasteiger partial charge < -0.3 is 14.7 Å². The third-order valence-electron chi connectivity index (χ3n) is 4.00. The molecule has 0 aliphatic carbocycles. The van der Waals surface area contributed by atoms with Crippen molar-refractivity contribution in [2.75, 3.05) is 13.2 Å². The van der Waals surface area contributed by atoms with Crippen LogP contribution >= 0.6 is 0 Å². The average Bonchev–Trinajstić information content (AvgIpc) is 3.23. The Labute approximate surface area is 139 Å². The zero-order valence-electron chi connectivity index (χ0n) is 13.4. The standard InChI is InChI=1S/C17H19N3O4/c1-2-24-14-11-20(12-7-4-3-5-8-12)18-15(14)16(21)19-10-6-9-13(19)17(22)23/h3-5,7-8,11,13H,2,6,9-10H2,1H3,(H,22,23). The quantitative estimate of drug-likeness (QED) is 0.906. The highest BCUT2D eigenvalue weighted by atomic mass is 16.5. The van der Waals surface area contributed by atoms with Crippen molar-refractivity contribution in [3.05, 3.63) is 42.2 Å². The normalized spacial score (nSPS) is 17.0. The number of carboxylic acid groups (broad SMARTS) is 1. The number of carbonyl (C=O) groups excluding carboxylic acids is 1. The van der Waals surface area contributed by atoms with Crippen LogP contribution in [-0.2, 0) is 4.79 Å². The molecule has 0 saturated carbocycles. The molecule has 2 aromatic rings. The summed E-state index contributed by atoms with van der Waals surface area (Å²) in [6.45, 7) is 2.63. The second-order valence-corrected chi connectivity index (χ2v) is 5.55. The van der Waals surface area contributed by atoms with E-state index in [0.29, 0.717) is 31.7 Å². The van der Waals surface area contributed by atoms with Crippen LogP contribution in [0.2, 0.25) is 0 Å². The third kappa shape index (κ3) is 2.97. The lowest BCUT2D eigenvalue weighted by atomic mass is 10.2. The Bertz CT molecular complexity index is 742. The number of aromatic nitrogens is 2. The molecule has 0 bridgehead atoms. The number of hydrogen-bond donors (Lipinski definition) is 1. The molecule has 7 nitrogen and oxygen atoms in total. The highest BCUT2D eigenvalue weighted by molar-refractivity contribution is 5.97. The third-order valence-corrected chi connectivity index (χ3v) is 4.00. The van der Waals surface area contributed by atoms with E-state index in [0.717, 1.165) is 5.69 Å². The zero-order chi connectivity index (χ0) is 17.1. The summed E-state index contributed by atoms with van der Waals surface area (Å²) < 4.78 is 7.11. The topological polar surface area (TPSA) is 84.7 Å². The van der Waals surface area contributed by atoms with Crippen molar-refractivity contribution >= 4 is 11.9 Å². The maximum atomic E-state index is 12.8. The molecule has 1 amide bonds. The number of aliphatic carboxylic acids is 1. The molecule has 3 rings (SSSR count). The summed E-state index contributed by atoms with van der Waals surface area (Å²) in [5.41, 5.74) is 0.947. The van der Waals surface area contributed by atoms with Crippen molar-refractivity contribution in [3.8, 4) is 11.4 Å². The minimum atomic E-state index is -0.985. The molecule has 2 heterocycles. The number of likely N-dealkylation sites (tertiary alicyclic amines) is 1. The van der Waals surface area contributed by atoms with Gasteiger partial charge in [-0.2, -0.15) is 5.10 Å². The van der Waals surface area contributed by atoms with E-state index in [1.165, 1.54) is 4.90 Å². The van der Waals surface area contributed by atoms with Crippen LogP contribution in [0.15, 0.2) is 36.5 Å². The van der Waals surface area contributed by atoms with Crippen LogP contribution in [0.4, 0.5) is 0 Å². The maximum absolute atomic E-state index is 12.8. The van der Waals surface area contributed by atoms with Gasteiger partial charge in [-0.3, -0.25) is 4.79 Å². The number of benzene rings is 1. The number of nitrogens with zero attached hydrogens (tertiary/aromatic N) is 3. The first-order valence-electron chi connectivity index (χ1n) is 7.93. The number of rotatable bonds is 5. The van der Waals surface area contributed by atoms with Crippen LogP contribution in [0.25, 0.3) is 5.69 Å². The van der Waals surface area contributed by atoms with E-state index in [-0.39, 0.29) is 5.69 Å². The Hall–Kier alpha value is -2.83. The minimum Gasteiger partial charge on any atom is -0.490 e. The molecule has 1 aromatic heterocycles. The first-order chi connectivity index (χ1) is 11.6. The summed E-state index contributed by atoms with van der Waals surface area (Å²) >= 11 is 0. The first kappa shape index (κ1) is 16.0. The Morgan fingerprint density at radius 3 is 2.75 bits per heavy atom. The van der Waals surface area contributed by atoms with Crippen molar-refractivity contribution in [3.63, 3.8) is 0 Å². The maximum Gasteiger partial charge on any atom is 0.326 e. The largest absolute Gasteiger partial charge is 0.490 e. The fourth-order valence-electron chi connectivity index (χ4n) is 2.88. The summed E-state index contributed by atoms with van der Waals surface area (Å²) in [5, 5.41) is 13.6. The van der Waals surface area contributed by atoms with Crippen LogP contribution in [0.5, 0.6) is 5.75 Å². The van der Waals surface area contributed by atoms with E-state index >= 15 is 0 Å². The molecular weight excluding hydrogens is 310 g/mol. The predicted octanol–water partition coefficient (Wildman–Crippen LogP) is 1.96.